The van der Waals surface area contributed by atoms with Crippen molar-refractivity contribution < 1.29 is 9.53 Å². The van der Waals surface area contributed by atoms with Crippen LogP contribution in [0.25, 0.3) is 0 Å². The lowest BCUT2D eigenvalue weighted by molar-refractivity contribution is -0.145. The first-order valence-corrected chi connectivity index (χ1v) is 7.73. The molecular formula is C16H32O2. The number of unbranched alkanes of at least 4 members (excludes halogenated alkanes) is 4. The molecule has 0 aromatic rings. The summed E-state index contributed by atoms with van der Waals surface area (Å²) in [6.07, 6.45) is 11.0. The number of esters is 1. The molecule has 0 rings (SSSR count). The fourth-order valence-corrected chi connectivity index (χ4v) is 2.27. The van der Waals surface area contributed by atoms with Crippen molar-refractivity contribution in [3.8, 4) is 0 Å². The van der Waals surface area contributed by atoms with E-state index in [0.29, 0.717) is 0 Å². The van der Waals surface area contributed by atoms with Crippen LogP contribution in [0.3, 0.4) is 0 Å². The molecule has 0 N–H and O–H groups in total. The molecule has 0 heterocycles. The maximum Gasteiger partial charge on any atom is 0.308 e. The second-order valence-electron chi connectivity index (χ2n) is 5.49. The highest BCUT2D eigenvalue weighted by Crippen LogP contribution is 2.17. The van der Waals surface area contributed by atoms with Gasteiger partial charge < -0.3 is 4.74 Å². The van der Waals surface area contributed by atoms with Crippen LogP contribution >= 0.6 is 0 Å². The molecule has 2 heteroatoms. The van der Waals surface area contributed by atoms with Crippen molar-refractivity contribution in [2.75, 3.05) is 7.11 Å². The molecule has 0 fully saturated rings. The van der Waals surface area contributed by atoms with Crippen molar-refractivity contribution in [3.63, 3.8) is 0 Å². The topological polar surface area (TPSA) is 26.3 Å². The maximum atomic E-state index is 11.4. The average Bonchev–Trinajstić information content (AvgIpc) is 2.40. The Morgan fingerprint density at radius 2 is 1.50 bits per heavy atom. The maximum absolute atomic E-state index is 11.4. The standard InChI is InChI=1S/C16H32O2/c1-5-14(3)12-10-8-7-9-11-13-15(6-2)16(17)18-4/h14-15H,5-13H2,1-4H3. The number of rotatable bonds is 11. The highest BCUT2D eigenvalue weighted by molar-refractivity contribution is 5.72. The third-order valence-electron chi connectivity index (χ3n) is 3.97. The quantitative estimate of drug-likeness (QED) is 0.385. The normalized spacial score (nSPS) is 14.2. The van der Waals surface area contributed by atoms with Gasteiger partial charge in [-0.1, -0.05) is 65.7 Å². The van der Waals surface area contributed by atoms with Crippen LogP contribution in [-0.4, -0.2) is 13.1 Å². The Hall–Kier alpha value is -0.530. The van der Waals surface area contributed by atoms with E-state index in [1.807, 2.05) is 0 Å². The molecule has 0 saturated carbocycles. The van der Waals surface area contributed by atoms with E-state index in [9.17, 15) is 4.79 Å². The monoisotopic (exact) mass is 256 g/mol. The summed E-state index contributed by atoms with van der Waals surface area (Å²) in [5.41, 5.74) is 0. The molecule has 0 saturated heterocycles. The molecule has 0 spiro atoms. The fourth-order valence-electron chi connectivity index (χ4n) is 2.27. The molecule has 108 valence electrons. The van der Waals surface area contributed by atoms with Gasteiger partial charge in [0.1, 0.15) is 0 Å². The Kier molecular flexibility index (Phi) is 11.2. The van der Waals surface area contributed by atoms with Crippen LogP contribution in [0.5, 0.6) is 0 Å². The van der Waals surface area contributed by atoms with Gasteiger partial charge in [0.05, 0.1) is 13.0 Å². The fraction of sp³-hybridized carbons (Fsp3) is 0.938. The van der Waals surface area contributed by atoms with Crippen LogP contribution in [0.1, 0.15) is 78.6 Å². The van der Waals surface area contributed by atoms with Crippen molar-refractivity contribution in [2.24, 2.45) is 11.8 Å². The van der Waals surface area contributed by atoms with Crippen LogP contribution in [0.15, 0.2) is 0 Å². The molecule has 0 aliphatic carbocycles. The zero-order chi connectivity index (χ0) is 13.8. The Morgan fingerprint density at radius 1 is 0.944 bits per heavy atom. The summed E-state index contributed by atoms with van der Waals surface area (Å²) >= 11 is 0. The van der Waals surface area contributed by atoms with E-state index >= 15 is 0 Å². The molecule has 18 heavy (non-hydrogen) atoms. The number of methoxy groups -OCH3 is 1. The summed E-state index contributed by atoms with van der Waals surface area (Å²) in [5, 5.41) is 0. The predicted octanol–water partition coefficient (Wildman–Crippen LogP) is 4.96. The largest absolute Gasteiger partial charge is 0.469 e. The van der Waals surface area contributed by atoms with Gasteiger partial charge in [-0.05, 0) is 18.8 Å². The Balaban J connectivity index is 3.41. The van der Waals surface area contributed by atoms with Crippen LogP contribution in [0.2, 0.25) is 0 Å². The summed E-state index contributed by atoms with van der Waals surface area (Å²) in [6.45, 7) is 6.66. The minimum atomic E-state index is -0.0331. The van der Waals surface area contributed by atoms with E-state index in [0.717, 1.165) is 25.2 Å². The first-order valence-electron chi connectivity index (χ1n) is 7.73. The summed E-state index contributed by atoms with van der Waals surface area (Å²) in [7, 11) is 1.49. The molecule has 0 radical (unpaired) electrons. The molecule has 0 amide bonds. The minimum absolute atomic E-state index is 0.0331. The number of hydrogen-bond acceptors (Lipinski definition) is 2. The lowest BCUT2D eigenvalue weighted by Gasteiger charge is -2.12. The summed E-state index contributed by atoms with van der Waals surface area (Å²) < 4.78 is 4.80. The van der Waals surface area contributed by atoms with Crippen LogP contribution in [0, 0.1) is 11.8 Å². The van der Waals surface area contributed by atoms with Gasteiger partial charge >= 0.3 is 5.97 Å². The molecule has 0 aromatic heterocycles. The Bertz CT molecular complexity index is 201. The average molecular weight is 256 g/mol. The Morgan fingerprint density at radius 3 is 2.00 bits per heavy atom. The number of carbonyl (C=O) groups excluding carboxylic acids is 1. The summed E-state index contributed by atoms with van der Waals surface area (Å²) in [5.74, 6) is 0.971. The summed E-state index contributed by atoms with van der Waals surface area (Å²) in [6, 6.07) is 0. The van der Waals surface area contributed by atoms with Crippen LogP contribution < -0.4 is 0 Å². The van der Waals surface area contributed by atoms with Crippen molar-refractivity contribution in [1.82, 2.24) is 0 Å². The number of hydrogen-bond donors (Lipinski definition) is 0. The van der Waals surface area contributed by atoms with E-state index in [4.69, 9.17) is 4.74 Å². The highest BCUT2D eigenvalue weighted by atomic mass is 16.5. The van der Waals surface area contributed by atoms with Crippen molar-refractivity contribution in [2.45, 2.75) is 78.6 Å². The van der Waals surface area contributed by atoms with E-state index < -0.39 is 0 Å². The molecular weight excluding hydrogens is 224 g/mol. The lowest BCUT2D eigenvalue weighted by atomic mass is 9.97. The molecule has 0 bridgehead atoms. The zero-order valence-electron chi connectivity index (χ0n) is 12.8. The molecule has 2 atom stereocenters. The third kappa shape index (κ3) is 8.54. The number of ether oxygens (including phenoxy) is 1. The highest BCUT2D eigenvalue weighted by Gasteiger charge is 2.15. The van der Waals surface area contributed by atoms with E-state index in [1.165, 1.54) is 45.6 Å². The van der Waals surface area contributed by atoms with E-state index in [-0.39, 0.29) is 11.9 Å². The van der Waals surface area contributed by atoms with E-state index in [1.54, 1.807) is 0 Å². The van der Waals surface area contributed by atoms with Gasteiger partial charge in [-0.2, -0.15) is 0 Å². The van der Waals surface area contributed by atoms with Crippen molar-refractivity contribution in [3.05, 3.63) is 0 Å². The molecule has 0 aliphatic heterocycles. The molecule has 0 aromatic carbocycles. The third-order valence-corrected chi connectivity index (χ3v) is 3.97. The SMILES string of the molecule is CCC(C)CCCCCCCC(CC)C(=O)OC. The van der Waals surface area contributed by atoms with Crippen molar-refractivity contribution in [1.29, 1.82) is 0 Å². The minimum Gasteiger partial charge on any atom is -0.469 e. The van der Waals surface area contributed by atoms with E-state index in [2.05, 4.69) is 20.8 Å². The molecule has 0 aliphatic rings. The zero-order valence-corrected chi connectivity index (χ0v) is 12.8. The summed E-state index contributed by atoms with van der Waals surface area (Å²) in [4.78, 5) is 11.4. The van der Waals surface area contributed by atoms with Gasteiger partial charge in [-0.25, -0.2) is 0 Å². The Labute approximate surface area is 113 Å². The van der Waals surface area contributed by atoms with Gasteiger partial charge in [-0.15, -0.1) is 0 Å². The van der Waals surface area contributed by atoms with Gasteiger partial charge in [-0.3, -0.25) is 4.79 Å². The predicted molar refractivity (Wildman–Crippen MR) is 77.6 cm³/mol. The van der Waals surface area contributed by atoms with Gasteiger partial charge in [0.2, 0.25) is 0 Å². The second kappa shape index (κ2) is 11.6. The smallest absolute Gasteiger partial charge is 0.308 e. The van der Waals surface area contributed by atoms with Gasteiger partial charge in [0.25, 0.3) is 0 Å². The van der Waals surface area contributed by atoms with Crippen LogP contribution in [-0.2, 0) is 9.53 Å². The molecule has 2 nitrogen and oxygen atoms in total. The molecule has 2 unspecified atom stereocenters. The van der Waals surface area contributed by atoms with Crippen molar-refractivity contribution >= 4 is 5.97 Å². The van der Waals surface area contributed by atoms with Crippen LogP contribution in [0.4, 0.5) is 0 Å². The second-order valence-corrected chi connectivity index (χ2v) is 5.49. The first kappa shape index (κ1) is 17.5. The first-order chi connectivity index (χ1) is 8.65. The van der Waals surface area contributed by atoms with Gasteiger partial charge in [0, 0.05) is 0 Å². The number of carbonyl (C=O) groups is 1. The van der Waals surface area contributed by atoms with Gasteiger partial charge in [0.15, 0.2) is 0 Å². The lowest BCUT2D eigenvalue weighted by Crippen LogP contribution is -2.15.